The Hall–Kier alpha value is -7.60. The number of thiophene rings is 1. The highest BCUT2D eigenvalue weighted by Gasteiger charge is 2.39. The first-order valence-corrected chi connectivity index (χ1v) is 23.8. The van der Waals surface area contributed by atoms with Crippen molar-refractivity contribution in [1.82, 2.24) is 0 Å². The topological polar surface area (TPSA) is 6.48 Å². The van der Waals surface area contributed by atoms with Gasteiger partial charge in [0, 0.05) is 70.0 Å². The van der Waals surface area contributed by atoms with Crippen molar-refractivity contribution in [1.29, 1.82) is 0 Å². The number of hydrogen-bond donors (Lipinski definition) is 0. The highest BCUT2D eigenvalue weighted by atomic mass is 32.1. The number of hydrogen-bond acceptors (Lipinski definition) is 3. The van der Waals surface area contributed by atoms with Crippen LogP contribution in [0.3, 0.4) is 0 Å². The molecule has 5 heteroatoms. The van der Waals surface area contributed by atoms with E-state index < -0.39 is 0 Å². The summed E-state index contributed by atoms with van der Waals surface area (Å²) in [5, 5.41) is 6.88. The summed E-state index contributed by atoms with van der Waals surface area (Å²) in [6, 6.07) is 66.9. The monoisotopic (exact) mass is 886 g/mol. The summed E-state index contributed by atoms with van der Waals surface area (Å²) in [7, 11) is 0. The van der Waals surface area contributed by atoms with Crippen LogP contribution in [0.4, 0.5) is 42.9 Å². The van der Waals surface area contributed by atoms with Crippen LogP contribution >= 0.6 is 11.3 Å². The van der Waals surface area contributed by atoms with Gasteiger partial charge in [-0.15, -0.1) is 11.3 Å². The van der Waals surface area contributed by atoms with Crippen molar-refractivity contribution in [3.05, 3.63) is 228 Å². The van der Waals surface area contributed by atoms with Crippen molar-refractivity contribution < 1.29 is 8.78 Å². The van der Waals surface area contributed by atoms with E-state index in [2.05, 4.69) is 183 Å². The third kappa shape index (κ3) is 5.84. The van der Waals surface area contributed by atoms with Gasteiger partial charge in [0.15, 0.2) is 0 Å². The molecule has 10 aromatic carbocycles. The lowest BCUT2D eigenvalue weighted by atomic mass is 9.82. The van der Waals surface area contributed by atoms with Crippen molar-refractivity contribution in [3.8, 4) is 22.3 Å². The van der Waals surface area contributed by atoms with E-state index in [1.54, 1.807) is 24.3 Å². The molecule has 0 N–H and O–H groups in total. The smallest absolute Gasteiger partial charge is 0.123 e. The first-order chi connectivity index (χ1) is 32.6. The minimum Gasteiger partial charge on any atom is -0.310 e. The lowest BCUT2D eigenvalue weighted by Gasteiger charge is -2.30. The zero-order valence-corrected chi connectivity index (χ0v) is 38.4. The predicted molar refractivity (Wildman–Crippen MR) is 279 cm³/mol. The lowest BCUT2D eigenvalue weighted by Crippen LogP contribution is -2.16. The number of fused-ring (bicyclic) bond motifs is 12. The van der Waals surface area contributed by atoms with Gasteiger partial charge in [0.1, 0.15) is 11.6 Å². The van der Waals surface area contributed by atoms with Crippen LogP contribution in [-0.4, -0.2) is 0 Å². The van der Waals surface area contributed by atoms with Crippen LogP contribution in [0.15, 0.2) is 194 Å². The van der Waals surface area contributed by atoms with Gasteiger partial charge in [0.25, 0.3) is 0 Å². The summed E-state index contributed by atoms with van der Waals surface area (Å²) in [6.45, 7) is 9.22. The SMILES string of the molecule is CC1(C)c2ccccc2-c2c(N(c3ccc(F)cc3)c3ccc4cc5sc6c7ccccc7c(N(c7ccc(F)cc7)c7cccc8c7-c7ccccc7C8(C)C)cc6c5cc4c3)cccc21. The molecule has 13 rings (SSSR count). The average Bonchev–Trinajstić information content (AvgIpc) is 3.91. The Labute approximate surface area is 392 Å². The van der Waals surface area contributed by atoms with Crippen molar-refractivity contribution in [2.75, 3.05) is 9.80 Å². The van der Waals surface area contributed by atoms with Crippen LogP contribution in [0, 0.1) is 11.6 Å². The standard InChI is InChI=1S/C62H44F2N2S/c1-61(2)50-17-9-7-15-46(50)58-52(61)19-11-21-54(58)65(41-29-24-39(63)25-30-41)43-28-23-37-35-57-48(34-38(37)33-43)49-36-56(44-13-5-6-14-45(44)60(49)67-57)66(42-31-26-40(64)27-32-42)55-22-12-20-53-59(55)47-16-8-10-18-51(47)62(53,3)4/h5-36H,1-4H3. The van der Waals surface area contributed by atoms with E-state index in [0.717, 1.165) is 55.7 Å². The van der Waals surface area contributed by atoms with Gasteiger partial charge in [-0.2, -0.15) is 0 Å². The molecule has 2 nitrogen and oxygen atoms in total. The fourth-order valence-corrected chi connectivity index (χ4v) is 12.7. The van der Waals surface area contributed by atoms with Gasteiger partial charge >= 0.3 is 0 Å². The van der Waals surface area contributed by atoms with Crippen molar-refractivity contribution >= 4 is 87.2 Å². The minimum absolute atomic E-state index is 0.178. The third-order valence-corrected chi connectivity index (χ3v) is 15.9. The van der Waals surface area contributed by atoms with E-state index in [1.807, 2.05) is 35.6 Å². The Morgan fingerprint density at radius 1 is 0.373 bits per heavy atom. The molecule has 0 aliphatic heterocycles. The van der Waals surface area contributed by atoms with Crippen LogP contribution in [0.5, 0.6) is 0 Å². The molecule has 67 heavy (non-hydrogen) atoms. The molecule has 0 radical (unpaired) electrons. The Bertz CT molecular complexity index is 3840. The van der Waals surface area contributed by atoms with Gasteiger partial charge in [-0.25, -0.2) is 8.78 Å². The molecule has 2 aliphatic carbocycles. The molecular formula is C62H44F2N2S. The quantitative estimate of drug-likeness (QED) is 0.164. The molecule has 0 atom stereocenters. The molecule has 2 aliphatic rings. The van der Waals surface area contributed by atoms with E-state index in [0.29, 0.717) is 0 Å². The van der Waals surface area contributed by atoms with Crippen LogP contribution in [0.1, 0.15) is 49.9 Å². The number of anilines is 6. The third-order valence-electron chi connectivity index (χ3n) is 14.7. The van der Waals surface area contributed by atoms with Crippen LogP contribution in [0.25, 0.3) is 64.0 Å². The zero-order valence-electron chi connectivity index (χ0n) is 37.5. The molecule has 322 valence electrons. The van der Waals surface area contributed by atoms with Gasteiger partial charge in [0.2, 0.25) is 0 Å². The Balaban J connectivity index is 1.04. The molecule has 0 saturated heterocycles. The molecule has 1 heterocycles. The largest absolute Gasteiger partial charge is 0.310 e. The minimum atomic E-state index is -0.271. The summed E-state index contributed by atoms with van der Waals surface area (Å²) >= 11 is 1.83. The summed E-state index contributed by atoms with van der Waals surface area (Å²) in [6.07, 6.45) is 0. The van der Waals surface area contributed by atoms with Gasteiger partial charge in [-0.3, -0.25) is 0 Å². The lowest BCUT2D eigenvalue weighted by molar-refractivity contribution is 0.627. The highest BCUT2D eigenvalue weighted by molar-refractivity contribution is 7.26. The van der Waals surface area contributed by atoms with Crippen LogP contribution in [0.2, 0.25) is 0 Å². The average molecular weight is 887 g/mol. The highest BCUT2D eigenvalue weighted by Crippen LogP contribution is 2.57. The van der Waals surface area contributed by atoms with Gasteiger partial charge in [-0.1, -0.05) is 131 Å². The molecule has 0 bridgehead atoms. The summed E-state index contributed by atoms with van der Waals surface area (Å²) in [5.74, 6) is -0.541. The van der Waals surface area contributed by atoms with E-state index in [4.69, 9.17) is 0 Å². The summed E-state index contributed by atoms with van der Waals surface area (Å²) < 4.78 is 31.9. The second kappa shape index (κ2) is 14.4. The maximum Gasteiger partial charge on any atom is 0.123 e. The number of halogens is 2. The molecule has 11 aromatic rings. The molecule has 0 fully saturated rings. The fourth-order valence-electron chi connectivity index (χ4n) is 11.5. The first-order valence-electron chi connectivity index (χ1n) is 23.0. The number of nitrogens with zero attached hydrogens (tertiary/aromatic N) is 2. The molecule has 0 spiro atoms. The van der Waals surface area contributed by atoms with Crippen LogP contribution < -0.4 is 9.80 Å². The Morgan fingerprint density at radius 2 is 0.881 bits per heavy atom. The second-order valence-electron chi connectivity index (χ2n) is 19.2. The van der Waals surface area contributed by atoms with Crippen molar-refractivity contribution in [2.45, 2.75) is 38.5 Å². The van der Waals surface area contributed by atoms with E-state index in [9.17, 15) is 8.78 Å². The van der Waals surface area contributed by atoms with Gasteiger partial charge in [0.05, 0.1) is 17.1 Å². The molecule has 0 saturated carbocycles. The van der Waals surface area contributed by atoms with E-state index in [1.165, 1.54) is 64.7 Å². The zero-order chi connectivity index (χ0) is 45.3. The van der Waals surface area contributed by atoms with Crippen LogP contribution in [-0.2, 0) is 10.8 Å². The second-order valence-corrected chi connectivity index (χ2v) is 20.2. The molecular weight excluding hydrogens is 843 g/mol. The number of benzene rings is 10. The Morgan fingerprint density at radius 3 is 1.49 bits per heavy atom. The number of rotatable bonds is 6. The maximum absolute atomic E-state index is 14.8. The predicted octanol–water partition coefficient (Wildman–Crippen LogP) is 18.2. The molecule has 0 unspecified atom stereocenters. The van der Waals surface area contributed by atoms with E-state index in [-0.39, 0.29) is 22.5 Å². The molecule has 1 aromatic heterocycles. The molecule has 0 amide bonds. The first kappa shape index (κ1) is 39.7. The maximum atomic E-state index is 14.8. The van der Waals surface area contributed by atoms with Gasteiger partial charge < -0.3 is 9.80 Å². The summed E-state index contributed by atoms with van der Waals surface area (Å²) in [4.78, 5) is 4.63. The normalized spacial score (nSPS) is 14.1. The van der Waals surface area contributed by atoms with E-state index >= 15 is 0 Å². The van der Waals surface area contributed by atoms with Crippen molar-refractivity contribution in [2.24, 2.45) is 0 Å². The van der Waals surface area contributed by atoms with Gasteiger partial charge in [-0.05, 0) is 135 Å². The fraction of sp³-hybridized carbons (Fsp3) is 0.0968. The summed E-state index contributed by atoms with van der Waals surface area (Å²) in [5.41, 5.74) is 15.5. The Kier molecular flexibility index (Phi) is 8.57. The van der Waals surface area contributed by atoms with Crippen molar-refractivity contribution in [3.63, 3.8) is 0 Å².